The first-order valence-electron chi connectivity index (χ1n) is 3.96. The fourth-order valence-electron chi connectivity index (χ4n) is 1.17. The molecule has 11 heavy (non-hydrogen) atoms. The van der Waals surface area contributed by atoms with Crippen molar-refractivity contribution in [2.75, 3.05) is 19.7 Å². The van der Waals surface area contributed by atoms with Gasteiger partial charge in [-0.25, -0.2) is 4.79 Å². The highest BCUT2D eigenvalue weighted by molar-refractivity contribution is 5.65. The van der Waals surface area contributed by atoms with Crippen molar-refractivity contribution in [3.63, 3.8) is 0 Å². The van der Waals surface area contributed by atoms with Crippen molar-refractivity contribution in [2.24, 2.45) is 0 Å². The number of piperidine rings is 1. The van der Waals surface area contributed by atoms with Gasteiger partial charge in [-0.05, 0) is 25.9 Å². The minimum atomic E-state index is -0.136. The quantitative estimate of drug-likeness (QED) is 0.528. The summed E-state index contributed by atoms with van der Waals surface area (Å²) >= 11 is 0. The Balaban J connectivity index is 2.09. The van der Waals surface area contributed by atoms with Crippen LogP contribution >= 0.6 is 0 Å². The Morgan fingerprint density at radius 3 is 2.73 bits per heavy atom. The van der Waals surface area contributed by atoms with E-state index in [9.17, 15) is 4.79 Å². The third kappa shape index (κ3) is 3.46. The molecule has 0 aromatic rings. The Labute approximate surface area is 66.1 Å². The molecule has 0 saturated carbocycles. The van der Waals surface area contributed by atoms with E-state index in [4.69, 9.17) is 4.74 Å². The van der Waals surface area contributed by atoms with E-state index in [-0.39, 0.29) is 18.6 Å². The van der Waals surface area contributed by atoms with Crippen LogP contribution in [0.4, 0.5) is 0 Å². The summed E-state index contributed by atoms with van der Waals surface area (Å²) in [6.45, 7) is 2.16. The fourth-order valence-corrected chi connectivity index (χ4v) is 1.17. The maximum absolute atomic E-state index is 10.4. The topological polar surface area (TPSA) is 66.0 Å². The Morgan fingerprint density at radius 2 is 2.18 bits per heavy atom. The van der Waals surface area contributed by atoms with Gasteiger partial charge in [0.05, 0.1) is 6.10 Å². The minimum absolute atomic E-state index is 0.136. The van der Waals surface area contributed by atoms with Gasteiger partial charge in [-0.15, -0.1) is 0 Å². The minimum Gasteiger partial charge on any atom is -0.364 e. The van der Waals surface area contributed by atoms with Gasteiger partial charge < -0.3 is 10.1 Å². The zero-order chi connectivity index (χ0) is 8.10. The van der Waals surface area contributed by atoms with Gasteiger partial charge in [0.1, 0.15) is 0 Å². The summed E-state index contributed by atoms with van der Waals surface area (Å²) in [5.74, 6) is -0.136. The zero-order valence-corrected chi connectivity index (χ0v) is 6.64. The average molecular weight is 159 g/mol. The molecule has 4 nitrogen and oxygen atoms in total. The maximum Gasteiger partial charge on any atom is 0.334 e. The number of amides is 1. The van der Waals surface area contributed by atoms with Crippen molar-refractivity contribution in [3.05, 3.63) is 0 Å². The monoisotopic (exact) mass is 159 g/mol. The summed E-state index contributed by atoms with van der Waals surface area (Å²) in [4.78, 5) is 10.4. The highest BCUT2D eigenvalue weighted by atomic mass is 16.5. The highest BCUT2D eigenvalue weighted by Gasteiger charge is 2.14. The predicted molar refractivity (Wildman–Crippen MR) is 39.7 cm³/mol. The molecule has 1 rings (SSSR count). The molecule has 1 aliphatic rings. The van der Waals surface area contributed by atoms with Crippen molar-refractivity contribution in [1.29, 1.82) is 0 Å². The van der Waals surface area contributed by atoms with E-state index >= 15 is 0 Å². The van der Waals surface area contributed by atoms with Crippen LogP contribution < -0.4 is 11.1 Å². The summed E-state index contributed by atoms with van der Waals surface area (Å²) in [5, 5.41) is 3.22. The number of quaternary nitrogens is 1. The molecule has 1 saturated heterocycles. The molecule has 0 radical (unpaired) electrons. The molecule has 1 fully saturated rings. The number of hydrogen-bond acceptors (Lipinski definition) is 3. The number of nitrogens with one attached hydrogen (secondary N) is 1. The second-order valence-electron chi connectivity index (χ2n) is 2.80. The lowest BCUT2D eigenvalue weighted by Gasteiger charge is -2.21. The number of hydrogen-bond donors (Lipinski definition) is 2. The fraction of sp³-hybridized carbons (Fsp3) is 0.857. The molecule has 0 unspecified atom stereocenters. The van der Waals surface area contributed by atoms with Crippen LogP contribution in [0.25, 0.3) is 0 Å². The molecule has 0 spiro atoms. The Morgan fingerprint density at radius 1 is 1.55 bits per heavy atom. The lowest BCUT2D eigenvalue weighted by Crippen LogP contribution is -2.59. The van der Waals surface area contributed by atoms with E-state index in [1.54, 1.807) is 0 Å². The SMILES string of the molecule is [NH3+]C(=O)COC1CCNCC1. The van der Waals surface area contributed by atoms with Crippen LogP contribution in [-0.2, 0) is 9.53 Å². The number of rotatable bonds is 3. The van der Waals surface area contributed by atoms with E-state index < -0.39 is 0 Å². The van der Waals surface area contributed by atoms with Gasteiger partial charge in [0.2, 0.25) is 0 Å². The molecule has 0 atom stereocenters. The highest BCUT2D eigenvalue weighted by Crippen LogP contribution is 2.05. The van der Waals surface area contributed by atoms with Crippen LogP contribution in [-0.4, -0.2) is 31.7 Å². The third-order valence-corrected chi connectivity index (χ3v) is 1.77. The maximum atomic E-state index is 10.4. The van der Waals surface area contributed by atoms with Crippen molar-refractivity contribution < 1.29 is 15.3 Å². The second kappa shape index (κ2) is 4.43. The summed E-state index contributed by atoms with van der Waals surface area (Å²) < 4.78 is 5.29. The first-order chi connectivity index (χ1) is 5.29. The Hall–Kier alpha value is -0.450. The van der Waals surface area contributed by atoms with Gasteiger partial charge in [-0.2, -0.15) is 0 Å². The average Bonchev–Trinajstić information content (AvgIpc) is 2.03. The van der Waals surface area contributed by atoms with Crippen LogP contribution in [0.15, 0.2) is 0 Å². The zero-order valence-electron chi connectivity index (χ0n) is 6.64. The molecule has 4 N–H and O–H groups in total. The van der Waals surface area contributed by atoms with Crippen molar-refractivity contribution >= 4 is 5.91 Å². The molecule has 0 bridgehead atoms. The van der Waals surface area contributed by atoms with Gasteiger partial charge in [-0.3, -0.25) is 5.73 Å². The summed E-state index contributed by atoms with van der Waals surface area (Å²) in [6, 6.07) is 0. The molecule has 0 aliphatic carbocycles. The summed E-state index contributed by atoms with van der Waals surface area (Å²) in [7, 11) is 0. The largest absolute Gasteiger partial charge is 0.364 e. The first kappa shape index (κ1) is 8.64. The lowest BCUT2D eigenvalue weighted by molar-refractivity contribution is -0.310. The van der Waals surface area contributed by atoms with E-state index in [0.29, 0.717) is 0 Å². The summed E-state index contributed by atoms with van der Waals surface area (Å²) in [5.41, 5.74) is 3.24. The smallest absolute Gasteiger partial charge is 0.334 e. The molecular weight excluding hydrogens is 144 g/mol. The number of carbonyl (C=O) groups excluding carboxylic acids is 1. The van der Waals surface area contributed by atoms with E-state index in [1.807, 2.05) is 0 Å². The lowest BCUT2D eigenvalue weighted by atomic mass is 10.1. The van der Waals surface area contributed by atoms with Crippen molar-refractivity contribution in [1.82, 2.24) is 5.32 Å². The van der Waals surface area contributed by atoms with Gasteiger partial charge in [0.15, 0.2) is 6.61 Å². The van der Waals surface area contributed by atoms with Gasteiger partial charge in [-0.1, -0.05) is 0 Å². The molecule has 64 valence electrons. The van der Waals surface area contributed by atoms with Crippen LogP contribution in [0.1, 0.15) is 12.8 Å². The van der Waals surface area contributed by atoms with Crippen molar-refractivity contribution in [2.45, 2.75) is 18.9 Å². The molecule has 1 amide bonds. The van der Waals surface area contributed by atoms with Crippen LogP contribution in [0, 0.1) is 0 Å². The standard InChI is InChI=1S/C7H14N2O2/c8-7(10)5-11-6-1-3-9-4-2-6/h6,9H,1-5H2,(H2,8,10)/p+1. The summed E-state index contributed by atoms with van der Waals surface area (Å²) in [6.07, 6.45) is 2.28. The number of carbonyl (C=O) groups is 1. The molecule has 0 aromatic heterocycles. The van der Waals surface area contributed by atoms with Crippen molar-refractivity contribution in [3.8, 4) is 0 Å². The van der Waals surface area contributed by atoms with E-state index in [0.717, 1.165) is 25.9 Å². The van der Waals surface area contributed by atoms with Crippen LogP contribution in [0.2, 0.25) is 0 Å². The Bertz CT molecular complexity index is 132. The first-order valence-corrected chi connectivity index (χ1v) is 3.96. The van der Waals surface area contributed by atoms with Gasteiger partial charge in [0, 0.05) is 0 Å². The van der Waals surface area contributed by atoms with Crippen LogP contribution in [0.5, 0.6) is 0 Å². The molecule has 0 aromatic carbocycles. The van der Waals surface area contributed by atoms with E-state index in [2.05, 4.69) is 11.1 Å². The van der Waals surface area contributed by atoms with Gasteiger partial charge >= 0.3 is 5.91 Å². The second-order valence-corrected chi connectivity index (χ2v) is 2.80. The predicted octanol–water partition coefficient (Wildman–Crippen LogP) is -1.48. The van der Waals surface area contributed by atoms with Crippen LogP contribution in [0.3, 0.4) is 0 Å². The normalized spacial score (nSPS) is 20.1. The third-order valence-electron chi connectivity index (χ3n) is 1.77. The molecular formula is C7H15N2O2+. The molecule has 1 aliphatic heterocycles. The number of ether oxygens (including phenoxy) is 1. The van der Waals surface area contributed by atoms with Gasteiger partial charge in [0.25, 0.3) is 0 Å². The molecule has 4 heteroatoms. The Kier molecular flexibility index (Phi) is 3.48. The molecule has 1 heterocycles. The van der Waals surface area contributed by atoms with E-state index in [1.165, 1.54) is 0 Å².